The first kappa shape index (κ1) is 20.0. The predicted octanol–water partition coefficient (Wildman–Crippen LogP) is 1.97. The number of amides is 3. The highest BCUT2D eigenvalue weighted by Gasteiger charge is 2.32. The van der Waals surface area contributed by atoms with Gasteiger partial charge in [-0.05, 0) is 43.9 Å². The highest BCUT2D eigenvalue weighted by molar-refractivity contribution is 5.94. The topological polar surface area (TPSA) is 69.7 Å². The molecule has 1 atom stereocenters. The van der Waals surface area contributed by atoms with Gasteiger partial charge in [0.1, 0.15) is 5.82 Å². The van der Waals surface area contributed by atoms with Gasteiger partial charge in [0.25, 0.3) is 5.91 Å². The summed E-state index contributed by atoms with van der Waals surface area (Å²) in [5.74, 6) is -1.20. The Bertz CT molecular complexity index is 759. The van der Waals surface area contributed by atoms with E-state index >= 15 is 0 Å². The fourth-order valence-electron chi connectivity index (χ4n) is 3.92. The number of piperidine rings is 2. The number of hydrogen-bond acceptors (Lipinski definition) is 3. The number of nitrogens with one attached hydrogen (secondary N) is 1. The van der Waals surface area contributed by atoms with Crippen LogP contribution in [-0.4, -0.2) is 59.7 Å². The zero-order valence-electron chi connectivity index (χ0n) is 15.9. The third kappa shape index (κ3) is 4.58. The molecule has 2 aliphatic rings. The SMILES string of the molecule is C=CC(=O)N1CCCC(C(=O)N2CCC(NC(=O)c3ccccc3F)CC2)C1. The summed E-state index contributed by atoms with van der Waals surface area (Å²) in [5, 5.41) is 2.86. The smallest absolute Gasteiger partial charge is 0.254 e. The van der Waals surface area contributed by atoms with Crippen LogP contribution in [0.5, 0.6) is 0 Å². The van der Waals surface area contributed by atoms with Gasteiger partial charge in [-0.25, -0.2) is 4.39 Å². The van der Waals surface area contributed by atoms with Crippen LogP contribution in [0.2, 0.25) is 0 Å². The number of likely N-dealkylation sites (tertiary alicyclic amines) is 2. The number of benzene rings is 1. The quantitative estimate of drug-likeness (QED) is 0.803. The molecule has 0 radical (unpaired) electrons. The molecule has 0 saturated carbocycles. The molecule has 2 fully saturated rings. The molecule has 1 aromatic carbocycles. The number of rotatable bonds is 4. The van der Waals surface area contributed by atoms with E-state index in [0.29, 0.717) is 39.0 Å². The normalized spacial score (nSPS) is 20.5. The van der Waals surface area contributed by atoms with Gasteiger partial charge < -0.3 is 15.1 Å². The van der Waals surface area contributed by atoms with Crippen molar-refractivity contribution in [2.24, 2.45) is 5.92 Å². The van der Waals surface area contributed by atoms with Gasteiger partial charge in [0, 0.05) is 32.2 Å². The van der Waals surface area contributed by atoms with E-state index in [0.717, 1.165) is 12.8 Å². The van der Waals surface area contributed by atoms with Crippen molar-refractivity contribution in [1.82, 2.24) is 15.1 Å². The molecule has 1 unspecified atom stereocenters. The molecule has 0 aliphatic carbocycles. The number of carbonyl (C=O) groups is 3. The van der Waals surface area contributed by atoms with E-state index in [-0.39, 0.29) is 29.3 Å². The molecular weight excluding hydrogens is 361 g/mol. The lowest BCUT2D eigenvalue weighted by Crippen LogP contribution is -2.51. The summed E-state index contributed by atoms with van der Waals surface area (Å²) in [7, 11) is 0. The second kappa shape index (κ2) is 8.99. The molecule has 1 N–H and O–H groups in total. The van der Waals surface area contributed by atoms with E-state index in [1.54, 1.807) is 17.0 Å². The van der Waals surface area contributed by atoms with E-state index < -0.39 is 11.7 Å². The Kier molecular flexibility index (Phi) is 6.44. The monoisotopic (exact) mass is 387 g/mol. The van der Waals surface area contributed by atoms with Crippen LogP contribution in [0.3, 0.4) is 0 Å². The van der Waals surface area contributed by atoms with Gasteiger partial charge in [0.15, 0.2) is 0 Å². The van der Waals surface area contributed by atoms with E-state index in [9.17, 15) is 18.8 Å². The Morgan fingerprint density at radius 3 is 2.46 bits per heavy atom. The lowest BCUT2D eigenvalue weighted by atomic mass is 9.94. The van der Waals surface area contributed by atoms with Gasteiger partial charge >= 0.3 is 0 Å². The minimum atomic E-state index is -0.538. The summed E-state index contributed by atoms with van der Waals surface area (Å²) in [4.78, 5) is 40.4. The summed E-state index contributed by atoms with van der Waals surface area (Å²) < 4.78 is 13.7. The first-order valence-corrected chi connectivity index (χ1v) is 9.75. The van der Waals surface area contributed by atoms with E-state index in [4.69, 9.17) is 0 Å². The largest absolute Gasteiger partial charge is 0.349 e. The standard InChI is InChI=1S/C21H26FN3O3/c1-2-19(26)25-11-5-6-15(14-25)21(28)24-12-9-16(10-13-24)23-20(27)17-7-3-4-8-18(17)22/h2-4,7-8,15-16H,1,5-6,9-14H2,(H,23,27). The van der Waals surface area contributed by atoms with Crippen molar-refractivity contribution in [3.63, 3.8) is 0 Å². The Balaban J connectivity index is 1.50. The number of hydrogen-bond donors (Lipinski definition) is 1. The van der Waals surface area contributed by atoms with Crippen molar-refractivity contribution in [3.05, 3.63) is 48.3 Å². The van der Waals surface area contributed by atoms with Crippen LogP contribution in [0.1, 0.15) is 36.0 Å². The van der Waals surface area contributed by atoms with Crippen molar-refractivity contribution >= 4 is 17.7 Å². The molecule has 7 heteroatoms. The molecule has 3 amide bonds. The van der Waals surface area contributed by atoms with Crippen LogP contribution < -0.4 is 5.32 Å². The molecular formula is C21H26FN3O3. The molecule has 2 heterocycles. The summed E-state index contributed by atoms with van der Waals surface area (Å²) in [6.45, 7) is 5.71. The van der Waals surface area contributed by atoms with Gasteiger partial charge in [-0.1, -0.05) is 18.7 Å². The molecule has 2 saturated heterocycles. The number of carbonyl (C=O) groups excluding carboxylic acids is 3. The molecule has 0 spiro atoms. The minimum absolute atomic E-state index is 0.0372. The van der Waals surface area contributed by atoms with Crippen molar-refractivity contribution in [2.75, 3.05) is 26.2 Å². The van der Waals surface area contributed by atoms with Crippen molar-refractivity contribution in [1.29, 1.82) is 0 Å². The van der Waals surface area contributed by atoms with Crippen LogP contribution >= 0.6 is 0 Å². The fraction of sp³-hybridized carbons (Fsp3) is 0.476. The Labute approximate surface area is 164 Å². The third-order valence-electron chi connectivity index (χ3n) is 5.52. The van der Waals surface area contributed by atoms with Gasteiger partial charge in [0.05, 0.1) is 11.5 Å². The second-order valence-corrected chi connectivity index (χ2v) is 7.38. The van der Waals surface area contributed by atoms with E-state index in [1.807, 2.05) is 4.90 Å². The summed E-state index contributed by atoms with van der Waals surface area (Å²) in [6, 6.07) is 5.82. The van der Waals surface area contributed by atoms with Crippen LogP contribution in [0.4, 0.5) is 4.39 Å². The number of nitrogens with zero attached hydrogens (tertiary/aromatic N) is 2. The van der Waals surface area contributed by atoms with Crippen LogP contribution in [0.15, 0.2) is 36.9 Å². The Morgan fingerprint density at radius 1 is 1.07 bits per heavy atom. The van der Waals surface area contributed by atoms with E-state index in [2.05, 4.69) is 11.9 Å². The van der Waals surface area contributed by atoms with Crippen molar-refractivity contribution in [3.8, 4) is 0 Å². The maximum Gasteiger partial charge on any atom is 0.254 e. The highest BCUT2D eigenvalue weighted by Crippen LogP contribution is 2.22. The maximum absolute atomic E-state index is 13.7. The molecule has 3 rings (SSSR count). The predicted molar refractivity (Wildman–Crippen MR) is 103 cm³/mol. The van der Waals surface area contributed by atoms with E-state index in [1.165, 1.54) is 18.2 Å². The van der Waals surface area contributed by atoms with Crippen molar-refractivity contribution < 1.29 is 18.8 Å². The zero-order valence-corrected chi connectivity index (χ0v) is 15.9. The third-order valence-corrected chi connectivity index (χ3v) is 5.52. The molecule has 150 valence electrons. The highest BCUT2D eigenvalue weighted by atomic mass is 19.1. The van der Waals surface area contributed by atoms with Crippen LogP contribution in [-0.2, 0) is 9.59 Å². The fourth-order valence-corrected chi connectivity index (χ4v) is 3.92. The lowest BCUT2D eigenvalue weighted by molar-refractivity contribution is -0.140. The lowest BCUT2D eigenvalue weighted by Gasteiger charge is -2.37. The van der Waals surface area contributed by atoms with Crippen LogP contribution in [0, 0.1) is 11.7 Å². The van der Waals surface area contributed by atoms with Crippen molar-refractivity contribution in [2.45, 2.75) is 31.7 Å². The molecule has 0 bridgehead atoms. The van der Waals surface area contributed by atoms with Gasteiger partial charge in [-0.3, -0.25) is 14.4 Å². The van der Waals surface area contributed by atoms with Crippen LogP contribution in [0.25, 0.3) is 0 Å². The summed E-state index contributed by atoms with van der Waals surface area (Å²) in [5.41, 5.74) is 0.0372. The summed E-state index contributed by atoms with van der Waals surface area (Å²) in [6.07, 6.45) is 4.15. The maximum atomic E-state index is 13.7. The minimum Gasteiger partial charge on any atom is -0.349 e. The summed E-state index contributed by atoms with van der Waals surface area (Å²) >= 11 is 0. The molecule has 2 aliphatic heterocycles. The van der Waals surface area contributed by atoms with Gasteiger partial charge in [-0.15, -0.1) is 0 Å². The second-order valence-electron chi connectivity index (χ2n) is 7.38. The van der Waals surface area contributed by atoms with Gasteiger partial charge in [0.2, 0.25) is 11.8 Å². The average molecular weight is 387 g/mol. The number of halogens is 1. The molecule has 0 aromatic heterocycles. The zero-order chi connectivity index (χ0) is 20.1. The first-order valence-electron chi connectivity index (χ1n) is 9.75. The molecule has 1 aromatic rings. The Morgan fingerprint density at radius 2 is 1.79 bits per heavy atom. The average Bonchev–Trinajstić information content (AvgIpc) is 2.73. The molecule has 28 heavy (non-hydrogen) atoms. The Hall–Kier alpha value is -2.70. The molecule has 6 nitrogen and oxygen atoms in total. The van der Waals surface area contributed by atoms with Gasteiger partial charge in [-0.2, -0.15) is 0 Å². The first-order chi connectivity index (χ1) is 13.5.